The maximum absolute atomic E-state index is 12.0. The first-order chi connectivity index (χ1) is 14.2. The van der Waals surface area contributed by atoms with E-state index in [1.54, 1.807) is 14.2 Å². The van der Waals surface area contributed by atoms with E-state index in [9.17, 15) is 4.79 Å². The highest BCUT2D eigenvalue weighted by molar-refractivity contribution is 5.81. The molecule has 2 aromatic carbocycles. The van der Waals surface area contributed by atoms with Gasteiger partial charge in [0.1, 0.15) is 17.8 Å². The maximum Gasteiger partial charge on any atom is 0.137 e. The molecule has 2 atom stereocenters. The van der Waals surface area contributed by atoms with Crippen LogP contribution in [0.1, 0.15) is 36.6 Å². The Morgan fingerprint density at radius 2 is 1.76 bits per heavy atom. The Kier molecular flexibility index (Phi) is 5.58. The van der Waals surface area contributed by atoms with E-state index in [1.165, 1.54) is 16.6 Å². The predicted octanol–water partition coefficient (Wildman–Crippen LogP) is 4.49. The van der Waals surface area contributed by atoms with Crippen LogP contribution < -0.4 is 9.47 Å². The molecule has 0 bridgehead atoms. The number of carbonyl (C=O) groups excluding carboxylic acids is 1. The average molecular weight is 392 g/mol. The zero-order valence-corrected chi connectivity index (χ0v) is 17.3. The van der Waals surface area contributed by atoms with Crippen LogP contribution in [0.25, 0.3) is 10.9 Å². The number of para-hydroxylation sites is 1. The van der Waals surface area contributed by atoms with E-state index < -0.39 is 0 Å². The molecule has 2 unspecified atom stereocenters. The number of hydrogen-bond acceptors (Lipinski definition) is 4. The SMILES string of the molecule is COc1cccc(OC)c1C1CCCC(C=O)N1Cc1cc2ccccc2n1C. The fraction of sp³-hybridized carbons (Fsp3) is 0.375. The zero-order chi connectivity index (χ0) is 20.4. The number of hydrogen-bond donors (Lipinski definition) is 0. The number of piperidine rings is 1. The number of benzene rings is 2. The number of aldehydes is 1. The van der Waals surface area contributed by atoms with Gasteiger partial charge in [-0.1, -0.05) is 24.3 Å². The summed E-state index contributed by atoms with van der Waals surface area (Å²) >= 11 is 0. The number of aryl methyl sites for hydroxylation is 1. The molecule has 152 valence electrons. The van der Waals surface area contributed by atoms with Crippen LogP contribution in [0.4, 0.5) is 0 Å². The molecule has 1 aliphatic heterocycles. The summed E-state index contributed by atoms with van der Waals surface area (Å²) in [5, 5.41) is 1.22. The summed E-state index contributed by atoms with van der Waals surface area (Å²) in [6.07, 6.45) is 3.93. The van der Waals surface area contributed by atoms with E-state index >= 15 is 0 Å². The Hall–Kier alpha value is -2.79. The van der Waals surface area contributed by atoms with Crippen molar-refractivity contribution < 1.29 is 14.3 Å². The second-order valence-corrected chi connectivity index (χ2v) is 7.65. The molecule has 0 spiro atoms. The van der Waals surface area contributed by atoms with E-state index in [0.29, 0.717) is 6.54 Å². The van der Waals surface area contributed by atoms with Crippen LogP contribution in [0.15, 0.2) is 48.5 Å². The van der Waals surface area contributed by atoms with Crippen molar-refractivity contribution in [1.82, 2.24) is 9.47 Å². The summed E-state index contributed by atoms with van der Waals surface area (Å²) in [6, 6.07) is 16.4. The summed E-state index contributed by atoms with van der Waals surface area (Å²) in [5.41, 5.74) is 3.43. The van der Waals surface area contributed by atoms with E-state index in [-0.39, 0.29) is 12.1 Å². The van der Waals surface area contributed by atoms with Crippen molar-refractivity contribution in [3.05, 3.63) is 59.8 Å². The summed E-state index contributed by atoms with van der Waals surface area (Å²) < 4.78 is 13.6. The van der Waals surface area contributed by atoms with Gasteiger partial charge in [0.15, 0.2) is 0 Å². The highest BCUT2D eigenvalue weighted by Crippen LogP contribution is 2.43. The molecule has 2 heterocycles. The quantitative estimate of drug-likeness (QED) is 0.580. The predicted molar refractivity (Wildman–Crippen MR) is 114 cm³/mol. The van der Waals surface area contributed by atoms with Crippen molar-refractivity contribution in [1.29, 1.82) is 0 Å². The van der Waals surface area contributed by atoms with Crippen LogP contribution in [-0.2, 0) is 18.4 Å². The van der Waals surface area contributed by atoms with Gasteiger partial charge in [-0.3, -0.25) is 4.90 Å². The minimum atomic E-state index is -0.124. The molecule has 1 fully saturated rings. The van der Waals surface area contributed by atoms with Crippen LogP contribution in [0.3, 0.4) is 0 Å². The van der Waals surface area contributed by atoms with Crippen molar-refractivity contribution in [2.75, 3.05) is 14.2 Å². The van der Waals surface area contributed by atoms with Gasteiger partial charge in [-0.2, -0.15) is 0 Å². The molecule has 0 saturated carbocycles. The smallest absolute Gasteiger partial charge is 0.137 e. The highest BCUT2D eigenvalue weighted by Gasteiger charge is 2.35. The monoisotopic (exact) mass is 392 g/mol. The van der Waals surface area contributed by atoms with Crippen LogP contribution in [-0.4, -0.2) is 36.0 Å². The average Bonchev–Trinajstić information content (AvgIpc) is 3.08. The maximum atomic E-state index is 12.0. The Balaban J connectivity index is 1.77. The fourth-order valence-corrected chi connectivity index (χ4v) is 4.66. The summed E-state index contributed by atoms with van der Waals surface area (Å²) in [7, 11) is 5.47. The first-order valence-corrected chi connectivity index (χ1v) is 10.1. The first-order valence-electron chi connectivity index (χ1n) is 10.1. The Morgan fingerprint density at radius 1 is 1.03 bits per heavy atom. The molecule has 29 heavy (non-hydrogen) atoms. The number of methoxy groups -OCH3 is 2. The van der Waals surface area contributed by atoms with Crippen LogP contribution in [0.5, 0.6) is 11.5 Å². The summed E-state index contributed by atoms with van der Waals surface area (Å²) in [5.74, 6) is 1.62. The van der Waals surface area contributed by atoms with Gasteiger partial charge in [0.25, 0.3) is 0 Å². The second-order valence-electron chi connectivity index (χ2n) is 7.65. The largest absolute Gasteiger partial charge is 0.496 e. The third-order valence-electron chi connectivity index (χ3n) is 6.16. The molecule has 3 aromatic rings. The molecule has 0 aliphatic carbocycles. The van der Waals surface area contributed by atoms with Crippen LogP contribution in [0.2, 0.25) is 0 Å². The second kappa shape index (κ2) is 8.29. The molecular weight excluding hydrogens is 364 g/mol. The molecular formula is C24H28N2O3. The highest BCUT2D eigenvalue weighted by atomic mass is 16.5. The number of carbonyl (C=O) groups is 1. The van der Waals surface area contributed by atoms with E-state index in [4.69, 9.17) is 9.47 Å². The Bertz CT molecular complexity index is 988. The van der Waals surface area contributed by atoms with Crippen molar-refractivity contribution in [2.24, 2.45) is 7.05 Å². The molecule has 1 saturated heterocycles. The van der Waals surface area contributed by atoms with Crippen molar-refractivity contribution in [3.63, 3.8) is 0 Å². The van der Waals surface area contributed by atoms with Crippen molar-refractivity contribution in [2.45, 2.75) is 37.9 Å². The molecule has 0 N–H and O–H groups in total. The lowest BCUT2D eigenvalue weighted by Gasteiger charge is -2.41. The minimum absolute atomic E-state index is 0.0584. The topological polar surface area (TPSA) is 43.7 Å². The molecule has 4 rings (SSSR count). The number of nitrogens with zero attached hydrogens (tertiary/aromatic N) is 2. The molecule has 1 aliphatic rings. The third kappa shape index (κ3) is 3.51. The lowest BCUT2D eigenvalue weighted by atomic mass is 9.90. The number of aromatic nitrogens is 1. The van der Waals surface area contributed by atoms with Gasteiger partial charge in [0, 0.05) is 30.8 Å². The van der Waals surface area contributed by atoms with Gasteiger partial charge in [-0.15, -0.1) is 0 Å². The van der Waals surface area contributed by atoms with E-state index in [0.717, 1.165) is 42.6 Å². The number of fused-ring (bicyclic) bond motifs is 1. The van der Waals surface area contributed by atoms with Gasteiger partial charge in [-0.05, 0) is 48.9 Å². The Morgan fingerprint density at radius 3 is 2.41 bits per heavy atom. The van der Waals surface area contributed by atoms with Gasteiger partial charge < -0.3 is 18.8 Å². The van der Waals surface area contributed by atoms with Gasteiger partial charge in [0.2, 0.25) is 0 Å². The van der Waals surface area contributed by atoms with E-state index in [1.807, 2.05) is 18.2 Å². The lowest BCUT2D eigenvalue weighted by Crippen LogP contribution is -2.42. The first kappa shape index (κ1) is 19.5. The van der Waals surface area contributed by atoms with E-state index in [2.05, 4.69) is 46.8 Å². The molecule has 0 radical (unpaired) electrons. The standard InChI is InChI=1S/C24H28N2O3/c1-25-19(14-17-8-4-5-10-20(17)25)15-26-18(16-27)9-6-11-21(26)24-22(28-2)12-7-13-23(24)29-3/h4-5,7-8,10,12-14,16,18,21H,6,9,11,15H2,1-3H3. The van der Waals surface area contributed by atoms with Crippen molar-refractivity contribution in [3.8, 4) is 11.5 Å². The number of likely N-dealkylation sites (tertiary alicyclic amines) is 1. The molecule has 5 heteroatoms. The van der Waals surface area contributed by atoms with Gasteiger partial charge in [0.05, 0.1) is 25.8 Å². The number of ether oxygens (including phenoxy) is 2. The molecule has 5 nitrogen and oxygen atoms in total. The number of rotatable bonds is 6. The summed E-state index contributed by atoms with van der Waals surface area (Å²) in [4.78, 5) is 14.3. The fourth-order valence-electron chi connectivity index (χ4n) is 4.66. The van der Waals surface area contributed by atoms with Crippen LogP contribution in [0, 0.1) is 0 Å². The lowest BCUT2D eigenvalue weighted by molar-refractivity contribution is -0.115. The third-order valence-corrected chi connectivity index (χ3v) is 6.16. The van der Waals surface area contributed by atoms with Gasteiger partial charge >= 0.3 is 0 Å². The van der Waals surface area contributed by atoms with Gasteiger partial charge in [-0.25, -0.2) is 0 Å². The normalized spacial score (nSPS) is 20.0. The Labute approximate surface area is 171 Å². The minimum Gasteiger partial charge on any atom is -0.496 e. The van der Waals surface area contributed by atoms with Crippen molar-refractivity contribution >= 4 is 17.2 Å². The van der Waals surface area contributed by atoms with Crippen LogP contribution >= 0.6 is 0 Å². The summed E-state index contributed by atoms with van der Waals surface area (Å²) in [6.45, 7) is 0.695. The molecule has 1 aromatic heterocycles. The molecule has 0 amide bonds. The zero-order valence-electron chi connectivity index (χ0n) is 17.3.